The predicted octanol–water partition coefficient (Wildman–Crippen LogP) is -2.32. The summed E-state index contributed by atoms with van der Waals surface area (Å²) in [4.78, 5) is 32.4. The minimum absolute atomic E-state index is 0. The summed E-state index contributed by atoms with van der Waals surface area (Å²) < 4.78 is 0. The van der Waals surface area contributed by atoms with Crippen LogP contribution in [-0.2, 0) is 33.6 Å². The largest absolute Gasteiger partial charge is 3.00 e. The van der Waals surface area contributed by atoms with Gasteiger partial charge in [-0.25, -0.2) is 0 Å². The van der Waals surface area contributed by atoms with Gasteiger partial charge in [-0.05, 0) is 34.3 Å². The third kappa shape index (κ3) is 19.0. The number of thiophene rings is 3. The minimum atomic E-state index is -1.11. The number of carbonyl (C=O) groups is 3. The predicted molar refractivity (Wildman–Crippen MR) is 136 cm³/mol. The van der Waals surface area contributed by atoms with E-state index in [2.05, 4.69) is 0 Å². The molecule has 0 fully saturated rings. The van der Waals surface area contributed by atoms with Gasteiger partial charge < -0.3 is 50.1 Å². The zero-order valence-electron chi connectivity index (χ0n) is 19.6. The topological polar surface area (TPSA) is 201 Å². The molecule has 3 aromatic rings. The van der Waals surface area contributed by atoms with Crippen LogP contribution in [0.15, 0.2) is 52.5 Å². The minimum Gasteiger partial charge on any atom is -0.550 e. The molecule has 3 heterocycles. The van der Waals surface area contributed by atoms with Crippen LogP contribution in [0.25, 0.3) is 0 Å². The first-order valence-electron chi connectivity index (χ1n) is 10.2. The molecule has 10 nitrogen and oxygen atoms in total. The Balaban J connectivity index is 0. The first kappa shape index (κ1) is 37.4. The molecule has 0 saturated carbocycles. The molecular formula is C23H27BiO10S3. The van der Waals surface area contributed by atoms with E-state index in [9.17, 15) is 29.7 Å². The van der Waals surface area contributed by atoms with E-state index < -0.39 is 49.8 Å². The number of aliphatic hydroxyl groups excluding tert-OH is 4. The fourth-order valence-corrected chi connectivity index (χ4v) is 4.04. The zero-order valence-corrected chi connectivity index (χ0v) is 25.5. The van der Waals surface area contributed by atoms with Crippen molar-refractivity contribution in [2.75, 3.05) is 26.4 Å². The normalized spacial score (nSPS) is 9.73. The second-order valence-corrected chi connectivity index (χ2v) is 10.1. The molecule has 0 aliphatic heterocycles. The van der Waals surface area contributed by atoms with E-state index in [1.54, 1.807) is 18.2 Å². The molecule has 0 unspecified atom stereocenters. The molecule has 0 saturated heterocycles. The van der Waals surface area contributed by atoms with E-state index in [0.29, 0.717) is 0 Å². The van der Waals surface area contributed by atoms with Gasteiger partial charge in [-0.2, -0.15) is 0 Å². The maximum absolute atomic E-state index is 9.96. The van der Waals surface area contributed by atoms with Crippen molar-refractivity contribution in [1.29, 1.82) is 0 Å². The van der Waals surface area contributed by atoms with Crippen LogP contribution in [0.5, 0.6) is 0 Å². The van der Waals surface area contributed by atoms with Gasteiger partial charge in [0.05, 0.1) is 31.8 Å². The summed E-state index contributed by atoms with van der Waals surface area (Å²) in [6.45, 7) is -1.62. The maximum Gasteiger partial charge on any atom is 3.00 e. The Hall–Kier alpha value is -1.77. The SMILES string of the molecule is O=C([O-])Cc1cccs1.O=C([O-])Cc1cccs1.O=C([O-])Cc1cccs1.OCC(CO)(CO)CO.[Bi+3]. The summed E-state index contributed by atoms with van der Waals surface area (Å²) in [5, 5.41) is 69.4. The van der Waals surface area contributed by atoms with E-state index in [1.807, 2.05) is 34.3 Å². The van der Waals surface area contributed by atoms with Crippen LogP contribution < -0.4 is 15.3 Å². The molecule has 37 heavy (non-hydrogen) atoms. The molecule has 3 rings (SSSR count). The molecule has 14 heteroatoms. The summed E-state index contributed by atoms with van der Waals surface area (Å²) in [5.74, 6) is -3.05. The number of carbonyl (C=O) groups excluding carboxylic acids is 3. The van der Waals surface area contributed by atoms with Crippen LogP contribution in [0.3, 0.4) is 0 Å². The van der Waals surface area contributed by atoms with Crippen molar-refractivity contribution in [3.8, 4) is 0 Å². The van der Waals surface area contributed by atoms with Crippen molar-refractivity contribution < 1.29 is 50.1 Å². The van der Waals surface area contributed by atoms with Crippen LogP contribution in [0.2, 0.25) is 0 Å². The fraction of sp³-hybridized carbons (Fsp3) is 0.348. The summed E-state index contributed by atoms with van der Waals surface area (Å²) in [6, 6.07) is 10.8. The molecular weight excluding hydrogens is 741 g/mol. The summed E-state index contributed by atoms with van der Waals surface area (Å²) in [7, 11) is 0. The van der Waals surface area contributed by atoms with Gasteiger partial charge in [0.15, 0.2) is 0 Å². The quantitative estimate of drug-likeness (QED) is 0.163. The Labute approximate surface area is 245 Å². The molecule has 0 aromatic carbocycles. The first-order chi connectivity index (χ1) is 17.1. The number of carboxylic acids is 3. The van der Waals surface area contributed by atoms with Gasteiger partial charge in [-0.3, -0.25) is 0 Å². The number of carboxylic acid groups (broad SMARTS) is 3. The molecule has 0 aliphatic carbocycles. The first-order valence-corrected chi connectivity index (χ1v) is 12.8. The third-order valence-corrected chi connectivity index (χ3v) is 6.67. The van der Waals surface area contributed by atoms with E-state index in [-0.39, 0.29) is 45.5 Å². The second kappa shape index (κ2) is 22.2. The Morgan fingerprint density at radius 3 is 0.946 bits per heavy atom. The molecule has 0 spiro atoms. The van der Waals surface area contributed by atoms with Crippen LogP contribution in [-0.4, -0.2) is 91.0 Å². The standard InChI is InChI=1S/3C6H6O2S.C5H12O4.Bi/c3*7-6(8)4-5-2-1-3-9-5;6-1-5(2-7,3-8)4-9;/h3*1-3H,4H2,(H,7,8);6-9H,1-4H2;/q;;;;+3/p-3. The number of hydrogen-bond donors (Lipinski definition) is 4. The molecule has 0 bridgehead atoms. The Morgan fingerprint density at radius 1 is 0.595 bits per heavy atom. The molecule has 202 valence electrons. The van der Waals surface area contributed by atoms with Crippen molar-refractivity contribution >= 4 is 78.1 Å². The van der Waals surface area contributed by atoms with Gasteiger partial charge in [-0.1, -0.05) is 18.2 Å². The molecule has 4 N–H and O–H groups in total. The average molecular weight is 769 g/mol. The van der Waals surface area contributed by atoms with Crippen molar-refractivity contribution in [1.82, 2.24) is 0 Å². The van der Waals surface area contributed by atoms with E-state index in [4.69, 9.17) is 20.4 Å². The maximum atomic E-state index is 9.96. The van der Waals surface area contributed by atoms with Gasteiger partial charge in [0.25, 0.3) is 0 Å². The van der Waals surface area contributed by atoms with Crippen molar-refractivity contribution in [3.05, 3.63) is 67.2 Å². The monoisotopic (exact) mass is 768 g/mol. The molecule has 0 amide bonds. The van der Waals surface area contributed by atoms with E-state index >= 15 is 0 Å². The molecule has 3 aromatic heterocycles. The second-order valence-electron chi connectivity index (χ2n) is 7.02. The number of aliphatic hydroxyl groups is 4. The van der Waals surface area contributed by atoms with Gasteiger partial charge in [-0.15, -0.1) is 34.0 Å². The van der Waals surface area contributed by atoms with Crippen LogP contribution >= 0.6 is 34.0 Å². The Bertz CT molecular complexity index is 830. The summed E-state index contributed by atoms with van der Waals surface area (Å²) in [6.07, 6.45) is 0.118. The van der Waals surface area contributed by atoms with Crippen molar-refractivity contribution in [2.24, 2.45) is 5.41 Å². The summed E-state index contributed by atoms with van der Waals surface area (Å²) in [5.41, 5.74) is -1.11. The molecule has 0 aliphatic rings. The third-order valence-electron chi connectivity index (χ3n) is 4.04. The van der Waals surface area contributed by atoms with E-state index in [0.717, 1.165) is 14.6 Å². The van der Waals surface area contributed by atoms with Gasteiger partial charge in [0.1, 0.15) is 0 Å². The molecule has 0 atom stereocenters. The van der Waals surface area contributed by atoms with Crippen molar-refractivity contribution in [2.45, 2.75) is 19.3 Å². The fourth-order valence-electron chi connectivity index (χ4n) is 1.97. The number of hydrogen-bond acceptors (Lipinski definition) is 13. The van der Waals surface area contributed by atoms with Crippen LogP contribution in [0.1, 0.15) is 14.6 Å². The Morgan fingerprint density at radius 2 is 0.838 bits per heavy atom. The summed E-state index contributed by atoms with van der Waals surface area (Å²) >= 11 is 4.29. The number of aliphatic carboxylic acids is 3. The Kier molecular flexibility index (Phi) is 22.5. The zero-order chi connectivity index (χ0) is 27.4. The molecule has 2 radical (unpaired) electrons. The van der Waals surface area contributed by atoms with Crippen LogP contribution in [0, 0.1) is 5.41 Å². The van der Waals surface area contributed by atoms with Gasteiger partial charge in [0, 0.05) is 51.8 Å². The van der Waals surface area contributed by atoms with Gasteiger partial charge >= 0.3 is 26.2 Å². The van der Waals surface area contributed by atoms with Crippen LogP contribution in [0.4, 0.5) is 0 Å². The smallest absolute Gasteiger partial charge is 0.550 e. The number of rotatable bonds is 10. The average Bonchev–Trinajstić information content (AvgIpc) is 3.61. The van der Waals surface area contributed by atoms with E-state index in [1.165, 1.54) is 34.0 Å². The van der Waals surface area contributed by atoms with Crippen molar-refractivity contribution in [3.63, 3.8) is 0 Å². The van der Waals surface area contributed by atoms with Gasteiger partial charge in [0.2, 0.25) is 0 Å².